The summed E-state index contributed by atoms with van der Waals surface area (Å²) in [6.07, 6.45) is -4.93. The van der Waals surface area contributed by atoms with Gasteiger partial charge in [-0.1, -0.05) is 24.3 Å². The Morgan fingerprint density at radius 3 is 2.19 bits per heavy atom. The number of para-hydroxylation sites is 1. The minimum atomic E-state index is -1.57. The number of carbonyl (C=O) groups is 6. The summed E-state index contributed by atoms with van der Waals surface area (Å²) in [6, 6.07) is 7.34. The highest BCUT2D eigenvalue weighted by Crippen LogP contribution is 2.45. The Balaban J connectivity index is 1.54. The van der Waals surface area contributed by atoms with Crippen molar-refractivity contribution in [1.82, 2.24) is 9.88 Å². The standard InChI is InChI=1S/C37H44N2O14/c1-8-23-26(15-29-31-25(13-14-39(29)18(2)40)24-11-9-10-12-28(24)38-31)27(35(45)46-7)16-48-36(23)53-37-34(51-22(6)44)33(50-21(5)43)32(49-20(4)42)30(52-37)17-47-19(3)41/h8-12,16,23,26,29-30,32-34,36-38H,1,13-15,17H2,2-7H3/t23-,26+,29-,30-,32-,33+,34-,36+,37+/m1/s1. The Bertz CT molecular complexity index is 1780. The molecule has 4 heterocycles. The quantitative estimate of drug-likeness (QED) is 0.201. The van der Waals surface area contributed by atoms with Gasteiger partial charge in [0.2, 0.25) is 18.5 Å². The molecule has 0 spiro atoms. The van der Waals surface area contributed by atoms with Crippen LogP contribution in [0.5, 0.6) is 0 Å². The van der Waals surface area contributed by atoms with Crippen LogP contribution in [-0.4, -0.2) is 103 Å². The van der Waals surface area contributed by atoms with Gasteiger partial charge in [0, 0.05) is 69.6 Å². The molecule has 1 N–H and O–H groups in total. The van der Waals surface area contributed by atoms with E-state index in [0.29, 0.717) is 13.0 Å². The van der Waals surface area contributed by atoms with E-state index in [1.54, 1.807) is 4.90 Å². The van der Waals surface area contributed by atoms with Gasteiger partial charge < -0.3 is 47.8 Å². The third kappa shape index (κ3) is 8.54. The van der Waals surface area contributed by atoms with Crippen LogP contribution in [0.1, 0.15) is 58.3 Å². The predicted octanol–water partition coefficient (Wildman–Crippen LogP) is 2.94. The number of hydrogen-bond acceptors (Lipinski definition) is 14. The summed E-state index contributed by atoms with van der Waals surface area (Å²) in [5, 5.41) is 1.04. The maximum Gasteiger partial charge on any atom is 0.337 e. The van der Waals surface area contributed by atoms with Crippen molar-refractivity contribution < 1.29 is 66.7 Å². The van der Waals surface area contributed by atoms with E-state index in [-0.39, 0.29) is 17.9 Å². The smallest absolute Gasteiger partial charge is 0.337 e. The zero-order chi connectivity index (χ0) is 38.6. The Labute approximate surface area is 305 Å². The third-order valence-electron chi connectivity index (χ3n) is 9.46. The highest BCUT2D eigenvalue weighted by molar-refractivity contribution is 5.89. The highest BCUT2D eigenvalue weighted by Gasteiger charge is 2.54. The number of carbonyl (C=O) groups excluding carboxylic acids is 6. The van der Waals surface area contributed by atoms with Gasteiger partial charge in [-0.05, 0) is 24.5 Å². The summed E-state index contributed by atoms with van der Waals surface area (Å²) < 4.78 is 45.4. The van der Waals surface area contributed by atoms with E-state index < -0.39 is 91.3 Å². The molecule has 0 unspecified atom stereocenters. The fourth-order valence-electron chi connectivity index (χ4n) is 7.33. The lowest BCUT2D eigenvalue weighted by Gasteiger charge is -2.46. The van der Waals surface area contributed by atoms with Gasteiger partial charge in [0.25, 0.3) is 0 Å². The number of nitrogens with zero attached hydrogens (tertiary/aromatic N) is 1. The number of methoxy groups -OCH3 is 1. The largest absolute Gasteiger partial charge is 0.471 e. The fraction of sp³-hybridized carbons (Fsp3) is 0.514. The normalized spacial score (nSPS) is 28.0. The van der Waals surface area contributed by atoms with Crippen molar-refractivity contribution in [3.05, 3.63) is 60.0 Å². The number of H-pyrrole nitrogens is 1. The molecule has 0 bridgehead atoms. The van der Waals surface area contributed by atoms with Gasteiger partial charge >= 0.3 is 29.8 Å². The summed E-state index contributed by atoms with van der Waals surface area (Å²) in [5.41, 5.74) is 2.97. The molecule has 1 aromatic heterocycles. The lowest BCUT2D eigenvalue weighted by Crippen LogP contribution is -2.63. The van der Waals surface area contributed by atoms with Gasteiger partial charge in [-0.15, -0.1) is 6.58 Å². The van der Waals surface area contributed by atoms with Gasteiger partial charge in [0.15, 0.2) is 18.3 Å². The van der Waals surface area contributed by atoms with Crippen molar-refractivity contribution in [2.75, 3.05) is 20.3 Å². The fourth-order valence-corrected chi connectivity index (χ4v) is 7.33. The Kier molecular flexibility index (Phi) is 12.2. The molecule has 0 saturated carbocycles. The van der Waals surface area contributed by atoms with Crippen LogP contribution < -0.4 is 0 Å². The number of aromatic amines is 1. The van der Waals surface area contributed by atoms with E-state index in [2.05, 4.69) is 11.6 Å². The maximum atomic E-state index is 13.2. The molecule has 3 aliphatic heterocycles. The first kappa shape index (κ1) is 39.0. The van der Waals surface area contributed by atoms with Gasteiger partial charge in [-0.25, -0.2) is 4.79 Å². The molecule has 2 aromatic rings. The number of aromatic nitrogens is 1. The summed E-state index contributed by atoms with van der Waals surface area (Å²) in [7, 11) is 1.24. The summed E-state index contributed by atoms with van der Waals surface area (Å²) >= 11 is 0. The number of fused-ring (bicyclic) bond motifs is 3. The molecule has 3 aliphatic rings. The SMILES string of the molecule is C=C[C@H]1[C@H](O[C@@H]2O[C@H](COC(C)=O)[C@@H](OC(C)=O)[C@H](OC(C)=O)[C@H]2OC(C)=O)OC=C(C(=O)OC)[C@H]1C[C@@H]1c2[nH]c3ccccc3c2CCN1C(C)=O. The van der Waals surface area contributed by atoms with Gasteiger partial charge in [0.1, 0.15) is 12.7 Å². The molecule has 5 rings (SSSR count). The molecule has 0 aliphatic carbocycles. The van der Waals surface area contributed by atoms with Crippen molar-refractivity contribution in [2.24, 2.45) is 11.8 Å². The molecule has 9 atom stereocenters. The third-order valence-corrected chi connectivity index (χ3v) is 9.46. The monoisotopic (exact) mass is 740 g/mol. The van der Waals surface area contributed by atoms with Crippen molar-refractivity contribution >= 4 is 46.7 Å². The highest BCUT2D eigenvalue weighted by atomic mass is 16.8. The average Bonchev–Trinajstić information content (AvgIpc) is 3.48. The minimum Gasteiger partial charge on any atom is -0.471 e. The van der Waals surface area contributed by atoms with Crippen molar-refractivity contribution in [2.45, 2.75) is 90.5 Å². The molecule has 286 valence electrons. The van der Waals surface area contributed by atoms with Crippen LogP contribution in [0.25, 0.3) is 10.9 Å². The van der Waals surface area contributed by atoms with Crippen LogP contribution >= 0.6 is 0 Å². The Morgan fingerprint density at radius 1 is 0.906 bits per heavy atom. The summed E-state index contributed by atoms with van der Waals surface area (Å²) in [6.45, 7) is 9.99. The van der Waals surface area contributed by atoms with Crippen molar-refractivity contribution in [1.29, 1.82) is 0 Å². The minimum absolute atomic E-state index is 0.157. The maximum absolute atomic E-state index is 13.2. The first-order valence-corrected chi connectivity index (χ1v) is 17.1. The van der Waals surface area contributed by atoms with Crippen molar-refractivity contribution in [3.63, 3.8) is 0 Å². The summed E-state index contributed by atoms with van der Waals surface area (Å²) in [4.78, 5) is 80.3. The van der Waals surface area contributed by atoms with E-state index in [9.17, 15) is 28.8 Å². The number of benzene rings is 1. The number of ether oxygens (including phenoxy) is 8. The van der Waals surface area contributed by atoms with E-state index in [4.69, 9.17) is 37.9 Å². The topological polar surface area (TPSA) is 195 Å². The van der Waals surface area contributed by atoms with Crippen LogP contribution in [-0.2, 0) is 73.1 Å². The first-order chi connectivity index (χ1) is 25.2. The van der Waals surface area contributed by atoms with E-state index in [1.807, 2.05) is 24.3 Å². The Hall–Kier alpha value is -5.22. The van der Waals surface area contributed by atoms with Crippen LogP contribution in [0, 0.1) is 11.8 Å². The second kappa shape index (κ2) is 16.6. The van der Waals surface area contributed by atoms with Gasteiger partial charge in [-0.2, -0.15) is 0 Å². The van der Waals surface area contributed by atoms with Gasteiger partial charge in [0.05, 0.1) is 25.0 Å². The lowest BCUT2D eigenvalue weighted by molar-refractivity contribution is -0.342. The molecule has 0 radical (unpaired) electrons. The predicted molar refractivity (Wildman–Crippen MR) is 182 cm³/mol. The molecule has 16 heteroatoms. The number of esters is 5. The van der Waals surface area contributed by atoms with Crippen LogP contribution in [0.3, 0.4) is 0 Å². The molecule has 1 aromatic carbocycles. The first-order valence-electron chi connectivity index (χ1n) is 17.1. The second-order valence-electron chi connectivity index (χ2n) is 13.0. The van der Waals surface area contributed by atoms with Gasteiger partial charge in [-0.3, -0.25) is 24.0 Å². The van der Waals surface area contributed by atoms with Crippen molar-refractivity contribution in [3.8, 4) is 0 Å². The second-order valence-corrected chi connectivity index (χ2v) is 13.0. The van der Waals surface area contributed by atoms with Crippen LogP contribution in [0.2, 0.25) is 0 Å². The number of nitrogens with one attached hydrogen (secondary N) is 1. The Morgan fingerprint density at radius 2 is 1.57 bits per heavy atom. The van der Waals surface area contributed by atoms with E-state index in [0.717, 1.165) is 49.9 Å². The molecule has 53 heavy (non-hydrogen) atoms. The zero-order valence-electron chi connectivity index (χ0n) is 30.4. The number of hydrogen-bond donors (Lipinski definition) is 1. The average molecular weight is 741 g/mol. The molecule has 1 saturated heterocycles. The zero-order valence-corrected chi connectivity index (χ0v) is 30.4. The molecular formula is C37H44N2O14. The lowest BCUT2D eigenvalue weighted by atomic mass is 9.77. The molecule has 16 nitrogen and oxygen atoms in total. The molecule has 1 amide bonds. The van der Waals surface area contributed by atoms with Crippen LogP contribution in [0.15, 0.2) is 48.8 Å². The number of rotatable bonds is 11. The molecule has 1 fully saturated rings. The van der Waals surface area contributed by atoms with E-state index in [1.165, 1.54) is 26.4 Å². The van der Waals surface area contributed by atoms with E-state index >= 15 is 0 Å². The summed E-state index contributed by atoms with van der Waals surface area (Å²) in [5.74, 6) is -5.43. The molecular weight excluding hydrogens is 696 g/mol. The van der Waals surface area contributed by atoms with Crippen LogP contribution in [0.4, 0.5) is 0 Å². The number of amides is 1.